The Morgan fingerprint density at radius 1 is 1.31 bits per heavy atom. The fourth-order valence-electron chi connectivity index (χ4n) is 2.31. The van der Waals surface area contributed by atoms with E-state index in [1.165, 1.54) is 43.5 Å². The predicted molar refractivity (Wildman–Crippen MR) is 67.6 cm³/mol. The topological polar surface area (TPSA) is 24.9 Å². The Kier molecular flexibility index (Phi) is 4.34. The second-order valence-electron chi connectivity index (χ2n) is 4.72. The molecule has 2 nitrogen and oxygen atoms in total. The number of pyridine rings is 1. The summed E-state index contributed by atoms with van der Waals surface area (Å²) in [6.45, 7) is 3.35. The van der Waals surface area contributed by atoms with Gasteiger partial charge in [-0.2, -0.15) is 0 Å². The number of nitrogens with zero attached hydrogens (tertiary/aromatic N) is 1. The van der Waals surface area contributed by atoms with Gasteiger partial charge in [-0.25, -0.2) is 0 Å². The lowest BCUT2D eigenvalue weighted by atomic mass is 10.0. The molecule has 2 heteroatoms. The maximum atomic E-state index is 4.53. The molecule has 1 atom stereocenters. The van der Waals surface area contributed by atoms with Crippen LogP contribution in [0.2, 0.25) is 0 Å². The summed E-state index contributed by atoms with van der Waals surface area (Å²) in [5.41, 5.74) is 2.56. The van der Waals surface area contributed by atoms with Crippen LogP contribution >= 0.6 is 0 Å². The van der Waals surface area contributed by atoms with Crippen LogP contribution in [0.4, 0.5) is 0 Å². The fraction of sp³-hybridized carbons (Fsp3) is 0.643. The summed E-state index contributed by atoms with van der Waals surface area (Å²) in [7, 11) is 0. The Hall–Kier alpha value is -0.890. The number of nitrogens with one attached hydrogen (secondary N) is 1. The van der Waals surface area contributed by atoms with Gasteiger partial charge >= 0.3 is 0 Å². The molecular formula is C14H22N2. The van der Waals surface area contributed by atoms with Gasteiger partial charge in [0.15, 0.2) is 0 Å². The molecule has 0 radical (unpaired) electrons. The van der Waals surface area contributed by atoms with Crippen molar-refractivity contribution < 1.29 is 0 Å². The number of aryl methyl sites for hydroxylation is 1. The van der Waals surface area contributed by atoms with E-state index >= 15 is 0 Å². The van der Waals surface area contributed by atoms with Crippen molar-refractivity contribution in [2.45, 2.75) is 51.5 Å². The summed E-state index contributed by atoms with van der Waals surface area (Å²) in [4.78, 5) is 4.53. The van der Waals surface area contributed by atoms with E-state index in [0.29, 0.717) is 6.04 Å². The van der Waals surface area contributed by atoms with E-state index in [2.05, 4.69) is 29.4 Å². The van der Waals surface area contributed by atoms with Crippen molar-refractivity contribution in [3.05, 3.63) is 29.6 Å². The lowest BCUT2D eigenvalue weighted by molar-refractivity contribution is 0.503. The molecule has 1 fully saturated rings. The van der Waals surface area contributed by atoms with Crippen molar-refractivity contribution in [2.75, 3.05) is 6.54 Å². The van der Waals surface area contributed by atoms with Gasteiger partial charge in [0.25, 0.3) is 0 Å². The first-order valence-electron chi connectivity index (χ1n) is 6.55. The summed E-state index contributed by atoms with van der Waals surface area (Å²) in [6.07, 6.45) is 9.57. The molecule has 88 valence electrons. The van der Waals surface area contributed by atoms with Crippen molar-refractivity contribution in [2.24, 2.45) is 0 Å². The van der Waals surface area contributed by atoms with E-state index in [0.717, 1.165) is 12.8 Å². The van der Waals surface area contributed by atoms with Crippen LogP contribution in [0.1, 0.15) is 43.9 Å². The van der Waals surface area contributed by atoms with E-state index < -0.39 is 0 Å². The quantitative estimate of drug-likeness (QED) is 0.843. The van der Waals surface area contributed by atoms with Gasteiger partial charge in [-0.3, -0.25) is 4.98 Å². The summed E-state index contributed by atoms with van der Waals surface area (Å²) in [6, 6.07) is 5.03. The maximum absolute atomic E-state index is 4.53. The van der Waals surface area contributed by atoms with Crippen molar-refractivity contribution in [3.63, 3.8) is 0 Å². The molecule has 16 heavy (non-hydrogen) atoms. The van der Waals surface area contributed by atoms with Crippen molar-refractivity contribution in [1.29, 1.82) is 0 Å². The van der Waals surface area contributed by atoms with Gasteiger partial charge in [0.2, 0.25) is 0 Å². The third kappa shape index (κ3) is 3.31. The third-order valence-electron chi connectivity index (χ3n) is 3.41. The van der Waals surface area contributed by atoms with Crippen LogP contribution in [0.25, 0.3) is 0 Å². The van der Waals surface area contributed by atoms with Crippen molar-refractivity contribution >= 4 is 0 Å². The highest BCUT2D eigenvalue weighted by Crippen LogP contribution is 2.12. The fourth-order valence-corrected chi connectivity index (χ4v) is 2.31. The molecule has 0 aromatic carbocycles. The van der Waals surface area contributed by atoms with Crippen LogP contribution < -0.4 is 5.32 Å². The maximum Gasteiger partial charge on any atom is 0.0419 e. The van der Waals surface area contributed by atoms with E-state index in [1.54, 1.807) is 0 Å². The molecule has 1 aliphatic rings. The Bertz CT molecular complexity index is 297. The molecule has 0 aliphatic carbocycles. The third-order valence-corrected chi connectivity index (χ3v) is 3.41. The second kappa shape index (κ2) is 6.00. The van der Waals surface area contributed by atoms with E-state index in [-0.39, 0.29) is 0 Å². The van der Waals surface area contributed by atoms with Crippen LogP contribution in [0.15, 0.2) is 18.3 Å². The second-order valence-corrected chi connectivity index (χ2v) is 4.72. The normalized spacial score (nSPS) is 21.7. The summed E-state index contributed by atoms with van der Waals surface area (Å²) in [5, 5.41) is 3.62. The first-order valence-corrected chi connectivity index (χ1v) is 6.55. The summed E-state index contributed by atoms with van der Waals surface area (Å²) < 4.78 is 0. The van der Waals surface area contributed by atoms with Gasteiger partial charge in [-0.15, -0.1) is 0 Å². The van der Waals surface area contributed by atoms with E-state index in [1.807, 2.05) is 6.20 Å². The highest BCUT2D eigenvalue weighted by Gasteiger charge is 2.12. The van der Waals surface area contributed by atoms with Gasteiger partial charge < -0.3 is 5.32 Å². The van der Waals surface area contributed by atoms with Crippen LogP contribution in [-0.2, 0) is 12.8 Å². The molecule has 1 N–H and O–H groups in total. The van der Waals surface area contributed by atoms with Gasteiger partial charge in [-0.1, -0.05) is 25.8 Å². The zero-order valence-corrected chi connectivity index (χ0v) is 10.2. The monoisotopic (exact) mass is 218 g/mol. The SMILES string of the molecule is CCc1ccc(CC2CCCCCN2)nc1. The molecule has 1 unspecified atom stereocenters. The van der Waals surface area contributed by atoms with Gasteiger partial charge in [0.05, 0.1) is 0 Å². The van der Waals surface area contributed by atoms with Crippen LogP contribution in [-0.4, -0.2) is 17.6 Å². The molecule has 1 aromatic heterocycles. The standard InChI is InChI=1S/C14H22N2/c1-2-12-7-8-14(16-11-12)10-13-6-4-3-5-9-15-13/h7-8,11,13,15H,2-6,9-10H2,1H3. The predicted octanol–water partition coefficient (Wildman–Crippen LogP) is 2.72. The largest absolute Gasteiger partial charge is 0.314 e. The molecule has 2 rings (SSSR count). The van der Waals surface area contributed by atoms with Gasteiger partial charge in [0.1, 0.15) is 0 Å². The molecular weight excluding hydrogens is 196 g/mol. The first kappa shape index (κ1) is 11.6. The number of hydrogen-bond donors (Lipinski definition) is 1. The van der Waals surface area contributed by atoms with Crippen LogP contribution in [0.5, 0.6) is 0 Å². The Morgan fingerprint density at radius 3 is 3.00 bits per heavy atom. The minimum Gasteiger partial charge on any atom is -0.314 e. The molecule has 0 saturated carbocycles. The number of rotatable bonds is 3. The lowest BCUT2D eigenvalue weighted by Gasteiger charge is -2.15. The van der Waals surface area contributed by atoms with E-state index in [9.17, 15) is 0 Å². The van der Waals surface area contributed by atoms with Crippen molar-refractivity contribution in [3.8, 4) is 0 Å². The van der Waals surface area contributed by atoms with Gasteiger partial charge in [0, 0.05) is 24.4 Å². The lowest BCUT2D eigenvalue weighted by Crippen LogP contribution is -2.30. The minimum absolute atomic E-state index is 0.641. The van der Waals surface area contributed by atoms with Crippen molar-refractivity contribution in [1.82, 2.24) is 10.3 Å². The molecule has 0 amide bonds. The van der Waals surface area contributed by atoms with Gasteiger partial charge in [-0.05, 0) is 37.4 Å². The smallest absolute Gasteiger partial charge is 0.0419 e. The summed E-state index contributed by atoms with van der Waals surface area (Å²) >= 11 is 0. The zero-order chi connectivity index (χ0) is 11.2. The number of hydrogen-bond acceptors (Lipinski definition) is 2. The number of aromatic nitrogens is 1. The molecule has 2 heterocycles. The molecule has 1 aromatic rings. The Morgan fingerprint density at radius 2 is 2.25 bits per heavy atom. The first-order chi connectivity index (χ1) is 7.88. The minimum atomic E-state index is 0.641. The van der Waals surface area contributed by atoms with Crippen LogP contribution in [0, 0.1) is 0 Å². The average Bonchev–Trinajstić information content (AvgIpc) is 2.59. The highest BCUT2D eigenvalue weighted by molar-refractivity contribution is 5.14. The Labute approximate surface area is 98.5 Å². The zero-order valence-electron chi connectivity index (χ0n) is 10.2. The Balaban J connectivity index is 1.91. The summed E-state index contributed by atoms with van der Waals surface area (Å²) in [5.74, 6) is 0. The molecule has 1 aliphatic heterocycles. The van der Waals surface area contributed by atoms with Crippen LogP contribution in [0.3, 0.4) is 0 Å². The molecule has 0 spiro atoms. The highest BCUT2D eigenvalue weighted by atomic mass is 14.9. The molecule has 1 saturated heterocycles. The average molecular weight is 218 g/mol. The van der Waals surface area contributed by atoms with E-state index in [4.69, 9.17) is 0 Å². The molecule has 0 bridgehead atoms.